The second-order valence-corrected chi connectivity index (χ2v) is 8.29. The average Bonchev–Trinajstić information content (AvgIpc) is 3.57. The van der Waals surface area contributed by atoms with Crippen molar-refractivity contribution in [2.75, 3.05) is 20.1 Å². The molecule has 31 heavy (non-hydrogen) atoms. The second kappa shape index (κ2) is 7.96. The number of nitrogens with one attached hydrogen (secondary N) is 1. The first-order chi connectivity index (χ1) is 15.2. The number of carbonyl (C=O) groups excluding carboxylic acids is 2. The van der Waals surface area contributed by atoms with Crippen molar-refractivity contribution in [3.8, 4) is 11.3 Å². The van der Waals surface area contributed by atoms with Crippen LogP contribution in [0.1, 0.15) is 38.9 Å². The summed E-state index contributed by atoms with van der Waals surface area (Å²) >= 11 is 1.54. The van der Waals surface area contributed by atoms with Gasteiger partial charge < -0.3 is 10.2 Å². The molecule has 4 aromatic heterocycles. The largest absolute Gasteiger partial charge is 0.354 e. The minimum absolute atomic E-state index is 0.0747. The Bertz CT molecular complexity index is 1250. The lowest BCUT2D eigenvalue weighted by atomic mass is 10.0. The molecule has 5 rings (SSSR count). The second-order valence-electron chi connectivity index (χ2n) is 7.51. The molecule has 7 nitrogen and oxygen atoms in total. The maximum Gasteiger partial charge on any atom is 0.270 e. The van der Waals surface area contributed by atoms with Crippen LogP contribution in [0.5, 0.6) is 0 Å². The Morgan fingerprint density at radius 3 is 2.84 bits per heavy atom. The van der Waals surface area contributed by atoms with Crippen molar-refractivity contribution in [1.29, 1.82) is 0 Å². The quantitative estimate of drug-likeness (QED) is 0.537. The zero-order chi connectivity index (χ0) is 21.4. The van der Waals surface area contributed by atoms with Gasteiger partial charge >= 0.3 is 0 Å². The highest BCUT2D eigenvalue weighted by molar-refractivity contribution is 7.08. The number of carbonyl (C=O) groups is 2. The molecule has 1 atom stereocenters. The lowest BCUT2D eigenvalue weighted by Crippen LogP contribution is -2.29. The van der Waals surface area contributed by atoms with E-state index in [-0.39, 0.29) is 17.7 Å². The van der Waals surface area contributed by atoms with Crippen LogP contribution >= 0.6 is 11.3 Å². The Hall–Kier alpha value is -3.52. The Kier molecular flexibility index (Phi) is 4.99. The summed E-state index contributed by atoms with van der Waals surface area (Å²) in [4.78, 5) is 37.2. The van der Waals surface area contributed by atoms with Gasteiger partial charge in [-0.1, -0.05) is 6.07 Å². The van der Waals surface area contributed by atoms with E-state index in [0.29, 0.717) is 35.7 Å². The molecule has 1 aliphatic rings. The molecule has 2 amide bonds. The first-order valence-electron chi connectivity index (χ1n) is 10.1. The van der Waals surface area contributed by atoms with Crippen LogP contribution in [0.15, 0.2) is 59.6 Å². The third-order valence-corrected chi connectivity index (χ3v) is 6.38. The molecule has 0 radical (unpaired) electrons. The number of thiophene rings is 1. The smallest absolute Gasteiger partial charge is 0.270 e. The van der Waals surface area contributed by atoms with Crippen LogP contribution in [0.25, 0.3) is 16.9 Å². The van der Waals surface area contributed by atoms with Gasteiger partial charge in [-0.3, -0.25) is 19.0 Å². The van der Waals surface area contributed by atoms with Crippen LogP contribution in [0.4, 0.5) is 0 Å². The molecule has 4 aromatic rings. The molecule has 0 bridgehead atoms. The fraction of sp³-hybridized carbons (Fsp3) is 0.217. The number of likely N-dealkylation sites (tertiary alicyclic amines) is 1. The van der Waals surface area contributed by atoms with Gasteiger partial charge in [-0.2, -0.15) is 11.3 Å². The number of pyridine rings is 2. The van der Waals surface area contributed by atoms with Crippen LogP contribution in [0.3, 0.4) is 0 Å². The van der Waals surface area contributed by atoms with Gasteiger partial charge in [0.1, 0.15) is 11.4 Å². The average molecular weight is 432 g/mol. The molecule has 8 heteroatoms. The fourth-order valence-corrected chi connectivity index (χ4v) is 4.78. The zero-order valence-corrected chi connectivity index (χ0v) is 17.8. The van der Waals surface area contributed by atoms with E-state index in [1.807, 2.05) is 39.9 Å². The van der Waals surface area contributed by atoms with Crippen molar-refractivity contribution in [2.24, 2.45) is 0 Å². The lowest BCUT2D eigenvalue weighted by molar-refractivity contribution is 0.0791. The summed E-state index contributed by atoms with van der Waals surface area (Å²) in [5, 5.41) is 6.59. The van der Waals surface area contributed by atoms with Crippen molar-refractivity contribution in [1.82, 2.24) is 24.6 Å². The van der Waals surface area contributed by atoms with Crippen LogP contribution < -0.4 is 5.32 Å². The van der Waals surface area contributed by atoms with Crippen LogP contribution in [-0.2, 0) is 0 Å². The maximum atomic E-state index is 13.4. The van der Waals surface area contributed by atoms with Gasteiger partial charge in [0.2, 0.25) is 0 Å². The first kappa shape index (κ1) is 19.4. The molecular formula is C23H21N5O2S. The van der Waals surface area contributed by atoms with Crippen molar-refractivity contribution in [2.45, 2.75) is 12.3 Å². The van der Waals surface area contributed by atoms with E-state index < -0.39 is 0 Å². The van der Waals surface area contributed by atoms with Gasteiger partial charge in [0.15, 0.2) is 5.65 Å². The monoisotopic (exact) mass is 431 g/mol. The molecule has 1 aliphatic heterocycles. The van der Waals surface area contributed by atoms with Crippen LogP contribution in [-0.4, -0.2) is 51.2 Å². The molecule has 0 aromatic carbocycles. The van der Waals surface area contributed by atoms with Gasteiger partial charge in [-0.05, 0) is 42.1 Å². The van der Waals surface area contributed by atoms with Gasteiger partial charge in [0.05, 0.1) is 5.56 Å². The summed E-state index contributed by atoms with van der Waals surface area (Å²) in [5.41, 5.74) is 3.87. The predicted octanol–water partition coefficient (Wildman–Crippen LogP) is 3.45. The number of imidazole rings is 1. The number of rotatable bonds is 4. The van der Waals surface area contributed by atoms with E-state index in [2.05, 4.69) is 10.3 Å². The first-order valence-corrected chi connectivity index (χ1v) is 11.1. The maximum absolute atomic E-state index is 13.4. The van der Waals surface area contributed by atoms with E-state index in [1.54, 1.807) is 36.0 Å². The summed E-state index contributed by atoms with van der Waals surface area (Å²) in [7, 11) is 1.59. The van der Waals surface area contributed by atoms with Gasteiger partial charge in [-0.15, -0.1) is 0 Å². The number of aromatic nitrogens is 3. The minimum Gasteiger partial charge on any atom is -0.354 e. The number of amides is 2. The van der Waals surface area contributed by atoms with Crippen molar-refractivity contribution in [3.05, 3.63) is 76.5 Å². The van der Waals surface area contributed by atoms with Crippen molar-refractivity contribution >= 4 is 28.8 Å². The molecule has 1 N–H and O–H groups in total. The number of nitrogens with zero attached hydrogens (tertiary/aromatic N) is 4. The predicted molar refractivity (Wildman–Crippen MR) is 119 cm³/mol. The Labute approximate surface area is 183 Å². The normalized spacial score (nSPS) is 16.0. The molecule has 156 valence electrons. The topological polar surface area (TPSA) is 79.6 Å². The van der Waals surface area contributed by atoms with E-state index >= 15 is 0 Å². The van der Waals surface area contributed by atoms with E-state index in [1.165, 1.54) is 11.3 Å². The number of hydrogen-bond acceptors (Lipinski definition) is 5. The summed E-state index contributed by atoms with van der Waals surface area (Å²) in [6.45, 7) is 1.29. The van der Waals surface area contributed by atoms with E-state index in [4.69, 9.17) is 4.98 Å². The van der Waals surface area contributed by atoms with E-state index in [9.17, 15) is 9.59 Å². The molecule has 1 fully saturated rings. The summed E-state index contributed by atoms with van der Waals surface area (Å²) in [6, 6.07) is 11.4. The Morgan fingerprint density at radius 1 is 1.19 bits per heavy atom. The molecule has 1 saturated heterocycles. The SMILES string of the molecule is CNC(=O)c1c(-c2ccsc2)nc2c(C(=O)N3CCC(c4ccccn4)C3)cccn12. The standard InChI is InChI=1S/C23H21N5O2S/c1-24-22(29)20-19(16-8-12-31-14-16)26-21-17(5-4-10-28(20)21)23(30)27-11-7-15(13-27)18-6-2-3-9-25-18/h2-6,8-10,12,14-15H,7,11,13H2,1H3,(H,24,29). The van der Waals surface area contributed by atoms with Crippen molar-refractivity contribution in [3.63, 3.8) is 0 Å². The van der Waals surface area contributed by atoms with Crippen LogP contribution in [0.2, 0.25) is 0 Å². The highest BCUT2D eigenvalue weighted by Gasteiger charge is 2.31. The molecular weight excluding hydrogens is 410 g/mol. The third kappa shape index (κ3) is 3.38. The summed E-state index contributed by atoms with van der Waals surface area (Å²) in [6.07, 6.45) is 4.45. The molecule has 0 aliphatic carbocycles. The van der Waals surface area contributed by atoms with Gasteiger partial charge in [0.25, 0.3) is 11.8 Å². The lowest BCUT2D eigenvalue weighted by Gasteiger charge is -2.17. The van der Waals surface area contributed by atoms with E-state index in [0.717, 1.165) is 17.7 Å². The van der Waals surface area contributed by atoms with Gasteiger partial charge in [0, 0.05) is 55.1 Å². The fourth-order valence-electron chi connectivity index (χ4n) is 4.14. The molecule has 5 heterocycles. The highest BCUT2D eigenvalue weighted by atomic mass is 32.1. The molecule has 0 saturated carbocycles. The third-order valence-electron chi connectivity index (χ3n) is 5.70. The number of hydrogen-bond donors (Lipinski definition) is 1. The Balaban J connectivity index is 1.53. The molecule has 1 unspecified atom stereocenters. The van der Waals surface area contributed by atoms with Crippen molar-refractivity contribution < 1.29 is 9.59 Å². The van der Waals surface area contributed by atoms with Crippen LogP contribution in [0, 0.1) is 0 Å². The minimum atomic E-state index is -0.241. The van der Waals surface area contributed by atoms with Gasteiger partial charge in [-0.25, -0.2) is 4.98 Å². The summed E-state index contributed by atoms with van der Waals surface area (Å²) < 4.78 is 1.71. The Morgan fingerprint density at radius 2 is 2.10 bits per heavy atom. The molecule has 0 spiro atoms. The summed E-state index contributed by atoms with van der Waals surface area (Å²) in [5.74, 6) is -0.0866. The zero-order valence-electron chi connectivity index (χ0n) is 17.0. The highest BCUT2D eigenvalue weighted by Crippen LogP contribution is 2.30. The number of fused-ring (bicyclic) bond motifs is 1.